The monoisotopic (exact) mass is 529 g/mol. The smallest absolute Gasteiger partial charge is 0.263 e. The van der Waals surface area contributed by atoms with Gasteiger partial charge in [0.05, 0.1) is 4.90 Å². The lowest BCUT2D eigenvalue weighted by Gasteiger charge is -2.41. The van der Waals surface area contributed by atoms with Gasteiger partial charge < -0.3 is 14.4 Å². The Labute approximate surface area is 214 Å². The van der Waals surface area contributed by atoms with E-state index in [1.54, 1.807) is 41.9 Å². The third-order valence-electron chi connectivity index (χ3n) is 6.48. The lowest BCUT2D eigenvalue weighted by molar-refractivity contribution is -0.134. The van der Waals surface area contributed by atoms with Crippen LogP contribution in [-0.4, -0.2) is 54.5 Å². The van der Waals surface area contributed by atoms with Crippen molar-refractivity contribution in [3.8, 4) is 0 Å². The highest BCUT2D eigenvalue weighted by Crippen LogP contribution is 2.25. The Bertz CT molecular complexity index is 1510. The molecule has 1 saturated heterocycles. The Morgan fingerprint density at radius 2 is 1.97 bits per heavy atom. The number of hydrogen-bond acceptors (Lipinski definition) is 6. The summed E-state index contributed by atoms with van der Waals surface area (Å²) in [6.45, 7) is 5.95. The number of nitrogens with one attached hydrogen (secondary N) is 1. The van der Waals surface area contributed by atoms with Crippen LogP contribution in [0.1, 0.15) is 14.0 Å². The molecule has 0 spiro atoms. The number of fused-ring (bicyclic) bond motifs is 1. The minimum atomic E-state index is -3.70. The van der Waals surface area contributed by atoms with Crippen molar-refractivity contribution in [1.29, 1.82) is 0 Å². The predicted molar refractivity (Wildman–Crippen MR) is 141 cm³/mol. The molecule has 1 fully saturated rings. The van der Waals surface area contributed by atoms with E-state index < -0.39 is 10.0 Å². The van der Waals surface area contributed by atoms with E-state index >= 15 is 0 Å². The van der Waals surface area contributed by atoms with Gasteiger partial charge in [0.15, 0.2) is 5.13 Å². The highest BCUT2D eigenvalue weighted by molar-refractivity contribution is 7.93. The van der Waals surface area contributed by atoms with Crippen LogP contribution in [0.3, 0.4) is 0 Å². The van der Waals surface area contributed by atoms with Gasteiger partial charge in [-0.2, -0.15) is 0 Å². The first-order chi connectivity index (χ1) is 17.2. The van der Waals surface area contributed by atoms with E-state index in [-0.39, 0.29) is 30.6 Å². The predicted octanol–water partition coefficient (Wildman–Crippen LogP) is 4.33. The van der Waals surface area contributed by atoms with E-state index in [1.165, 1.54) is 23.5 Å². The van der Waals surface area contributed by atoms with Crippen molar-refractivity contribution in [3.63, 3.8) is 0 Å². The normalized spacial score (nSPS) is 16.5. The second-order valence-corrected chi connectivity index (χ2v) is 11.5. The zero-order valence-corrected chi connectivity index (χ0v) is 21.5. The maximum atomic E-state index is 13.6. The van der Waals surface area contributed by atoms with Crippen molar-refractivity contribution in [2.24, 2.45) is 0 Å². The molecule has 2 aromatic heterocycles. The fourth-order valence-corrected chi connectivity index (χ4v) is 6.45. The zero-order chi connectivity index (χ0) is 25.4. The number of halogens is 1. The van der Waals surface area contributed by atoms with E-state index in [9.17, 15) is 17.6 Å². The Kier molecular flexibility index (Phi) is 6.44. The molecular formula is C25H28FN5O3S2. The molecule has 0 bridgehead atoms. The molecule has 0 unspecified atom stereocenters. The topological polar surface area (TPSA) is 87.5 Å². The van der Waals surface area contributed by atoms with Gasteiger partial charge in [0, 0.05) is 61.0 Å². The van der Waals surface area contributed by atoms with Gasteiger partial charge in [-0.1, -0.05) is 0 Å². The largest absolute Gasteiger partial charge is 0.368 e. The molecule has 11 heteroatoms. The Hall–Kier alpha value is -3.44. The molecule has 1 aliphatic heterocycles. The summed E-state index contributed by atoms with van der Waals surface area (Å²) in [5.74, 6) is -0.279. The molecule has 36 heavy (non-hydrogen) atoms. The zero-order valence-electron chi connectivity index (χ0n) is 19.9. The lowest BCUT2D eigenvalue weighted by atomic mass is 10.1. The van der Waals surface area contributed by atoms with Crippen LogP contribution in [0.2, 0.25) is 0 Å². The molecule has 5 rings (SSSR count). The second-order valence-electron chi connectivity index (χ2n) is 8.89. The van der Waals surface area contributed by atoms with Gasteiger partial charge in [-0.25, -0.2) is 17.8 Å². The summed E-state index contributed by atoms with van der Waals surface area (Å²) in [6.07, 6.45) is 1.54. The Balaban J connectivity index is 0.00000320. The number of amides is 1. The number of anilines is 2. The molecule has 4 aromatic rings. The number of carbonyl (C=O) groups excluding carboxylic acids is 1. The minimum Gasteiger partial charge on any atom is -0.368 e. The van der Waals surface area contributed by atoms with Gasteiger partial charge in [0.1, 0.15) is 12.4 Å². The molecule has 190 valence electrons. The Morgan fingerprint density at radius 3 is 2.67 bits per heavy atom. The van der Waals surface area contributed by atoms with Crippen molar-refractivity contribution < 1.29 is 19.0 Å². The van der Waals surface area contributed by atoms with Crippen molar-refractivity contribution in [2.75, 3.05) is 29.3 Å². The van der Waals surface area contributed by atoms with Gasteiger partial charge in [-0.05, 0) is 62.4 Å². The molecule has 1 atom stereocenters. The second kappa shape index (κ2) is 9.55. The van der Waals surface area contributed by atoms with Crippen LogP contribution in [0.15, 0.2) is 65.0 Å². The number of aryl methyl sites for hydroxylation is 1. The number of carbonyl (C=O) groups is 1. The molecule has 1 aliphatic rings. The van der Waals surface area contributed by atoms with Crippen LogP contribution >= 0.6 is 11.3 Å². The molecule has 0 radical (unpaired) electrons. The third kappa shape index (κ3) is 4.80. The minimum absolute atomic E-state index is 0. The average Bonchev–Trinajstić information content (AvgIpc) is 3.45. The maximum absolute atomic E-state index is 13.6. The van der Waals surface area contributed by atoms with Gasteiger partial charge in [-0.15, -0.1) is 11.3 Å². The molecule has 0 aliphatic carbocycles. The third-order valence-corrected chi connectivity index (χ3v) is 8.65. The standard InChI is InChI=1S/C25H26FN5O3S2.H2/c1-17-13-19-14-20(26)3-8-23(19)31(17)16-24(32)30-11-10-29(15-18(30)2)21-4-6-22(7-5-21)36(33,34)28-25-27-9-12-35-25;/h3-9,12-14,18H,10-11,15-16H2,1-2H3,(H,27,28);1H/t18-;/m1./s1. The molecule has 1 N–H and O–H groups in total. The van der Waals surface area contributed by atoms with Crippen LogP contribution < -0.4 is 9.62 Å². The van der Waals surface area contributed by atoms with Crippen LogP contribution in [-0.2, 0) is 21.4 Å². The molecule has 2 aromatic carbocycles. The molecule has 8 nitrogen and oxygen atoms in total. The summed E-state index contributed by atoms with van der Waals surface area (Å²) in [7, 11) is -3.70. The number of sulfonamides is 1. The van der Waals surface area contributed by atoms with Crippen molar-refractivity contribution in [1.82, 2.24) is 14.5 Å². The number of aromatic nitrogens is 2. The van der Waals surface area contributed by atoms with Crippen molar-refractivity contribution in [3.05, 3.63) is 71.6 Å². The van der Waals surface area contributed by atoms with Crippen LogP contribution in [0.25, 0.3) is 10.9 Å². The number of nitrogens with zero attached hydrogens (tertiary/aromatic N) is 4. The van der Waals surface area contributed by atoms with Gasteiger partial charge >= 0.3 is 0 Å². The van der Waals surface area contributed by atoms with Gasteiger partial charge in [0.2, 0.25) is 5.91 Å². The first-order valence-corrected chi connectivity index (χ1v) is 13.9. The highest BCUT2D eigenvalue weighted by atomic mass is 32.2. The molecular weight excluding hydrogens is 501 g/mol. The maximum Gasteiger partial charge on any atom is 0.263 e. The lowest BCUT2D eigenvalue weighted by Crippen LogP contribution is -2.54. The summed E-state index contributed by atoms with van der Waals surface area (Å²) in [5, 5.41) is 2.81. The fraction of sp³-hybridized carbons (Fsp3) is 0.280. The van der Waals surface area contributed by atoms with E-state index in [1.807, 2.05) is 29.4 Å². The number of benzene rings is 2. The van der Waals surface area contributed by atoms with E-state index in [4.69, 9.17) is 0 Å². The first-order valence-electron chi connectivity index (χ1n) is 11.5. The van der Waals surface area contributed by atoms with Crippen LogP contribution in [0.5, 0.6) is 0 Å². The average molecular weight is 530 g/mol. The number of rotatable bonds is 6. The van der Waals surface area contributed by atoms with E-state index in [0.29, 0.717) is 24.8 Å². The number of hydrogen-bond donors (Lipinski definition) is 1. The van der Waals surface area contributed by atoms with Crippen molar-refractivity contribution >= 4 is 49.0 Å². The highest BCUT2D eigenvalue weighted by Gasteiger charge is 2.28. The summed E-state index contributed by atoms with van der Waals surface area (Å²) < 4.78 is 43.2. The van der Waals surface area contributed by atoms with E-state index in [2.05, 4.69) is 14.6 Å². The van der Waals surface area contributed by atoms with Crippen LogP contribution in [0, 0.1) is 12.7 Å². The van der Waals surface area contributed by atoms with Gasteiger partial charge in [-0.3, -0.25) is 9.52 Å². The SMILES string of the molecule is Cc1cc2cc(F)ccc2n1CC(=O)N1CCN(c2ccc(S(=O)(=O)Nc3nccs3)cc2)C[C@H]1C.[HH]. The number of piperazine rings is 1. The summed E-state index contributed by atoms with van der Waals surface area (Å²) in [5.41, 5.74) is 2.65. The molecule has 1 amide bonds. The quantitative estimate of drug-likeness (QED) is 0.402. The Morgan fingerprint density at radius 1 is 1.19 bits per heavy atom. The first kappa shape index (κ1) is 24.3. The van der Waals surface area contributed by atoms with Gasteiger partial charge in [0.25, 0.3) is 10.0 Å². The summed E-state index contributed by atoms with van der Waals surface area (Å²) >= 11 is 1.22. The summed E-state index contributed by atoms with van der Waals surface area (Å²) in [4.78, 5) is 21.4. The molecule has 3 heterocycles. The fourth-order valence-electron chi connectivity index (χ4n) is 4.66. The van der Waals surface area contributed by atoms with Crippen molar-refractivity contribution in [2.45, 2.75) is 31.3 Å². The van der Waals surface area contributed by atoms with Crippen LogP contribution in [0.4, 0.5) is 15.2 Å². The number of thiazole rings is 1. The van der Waals surface area contributed by atoms with E-state index in [0.717, 1.165) is 22.3 Å². The summed E-state index contributed by atoms with van der Waals surface area (Å²) in [6, 6.07) is 13.2. The molecule has 0 saturated carbocycles.